The average Bonchev–Trinajstić information content (AvgIpc) is 3.46. The second-order valence-electron chi connectivity index (χ2n) is 8.29. The third-order valence-corrected chi connectivity index (χ3v) is 6.06. The zero-order valence-corrected chi connectivity index (χ0v) is 18.0. The minimum atomic E-state index is -4.62. The van der Waals surface area contributed by atoms with E-state index in [-0.39, 0.29) is 29.3 Å². The van der Waals surface area contributed by atoms with Gasteiger partial charge in [-0.25, -0.2) is 15.0 Å². The first-order valence-corrected chi connectivity index (χ1v) is 10.6. The van der Waals surface area contributed by atoms with Gasteiger partial charge in [-0.15, -0.1) is 0 Å². The molecule has 11 heteroatoms. The molecule has 0 aromatic carbocycles. The van der Waals surface area contributed by atoms with E-state index in [4.69, 9.17) is 10.3 Å². The summed E-state index contributed by atoms with van der Waals surface area (Å²) in [6.45, 7) is 3.59. The fourth-order valence-corrected chi connectivity index (χ4v) is 4.39. The number of aryl methyl sites for hydroxylation is 2. The topological polar surface area (TPSA) is 119 Å². The van der Waals surface area contributed by atoms with Crippen LogP contribution in [0.5, 0.6) is 0 Å². The highest BCUT2D eigenvalue weighted by molar-refractivity contribution is 5.94. The number of anilines is 1. The first-order valence-electron chi connectivity index (χ1n) is 10.6. The molecule has 1 aliphatic rings. The fourth-order valence-electron chi connectivity index (χ4n) is 4.39. The zero-order chi connectivity index (χ0) is 23.3. The zero-order valence-electron chi connectivity index (χ0n) is 18.0. The predicted molar refractivity (Wildman–Crippen MR) is 116 cm³/mol. The second-order valence-corrected chi connectivity index (χ2v) is 8.29. The molecule has 4 heterocycles. The average molecular weight is 457 g/mol. The van der Waals surface area contributed by atoms with Gasteiger partial charge in [0.15, 0.2) is 0 Å². The van der Waals surface area contributed by atoms with Crippen LogP contribution in [-0.2, 0) is 6.18 Å². The van der Waals surface area contributed by atoms with Crippen molar-refractivity contribution in [3.05, 3.63) is 41.5 Å². The van der Waals surface area contributed by atoms with E-state index in [0.717, 1.165) is 31.0 Å². The van der Waals surface area contributed by atoms with Crippen LogP contribution in [0.1, 0.15) is 36.3 Å². The molecule has 2 atom stereocenters. The summed E-state index contributed by atoms with van der Waals surface area (Å²) < 4.78 is 46.6. The number of pyridine rings is 1. The number of aromatic nitrogens is 5. The summed E-state index contributed by atoms with van der Waals surface area (Å²) in [5.41, 5.74) is 7.72. The van der Waals surface area contributed by atoms with Gasteiger partial charge in [-0.05, 0) is 45.2 Å². The summed E-state index contributed by atoms with van der Waals surface area (Å²) in [5.74, 6) is 0.733. The lowest BCUT2D eigenvalue weighted by Gasteiger charge is -2.18. The number of aromatic amines is 1. The van der Waals surface area contributed by atoms with Crippen LogP contribution in [0.25, 0.3) is 33.5 Å². The number of nitrogens with zero attached hydrogens (tertiary/aromatic N) is 4. The Kier molecular flexibility index (Phi) is 5.08. The van der Waals surface area contributed by atoms with Gasteiger partial charge in [-0.2, -0.15) is 13.2 Å². The van der Waals surface area contributed by atoms with Gasteiger partial charge in [0.2, 0.25) is 5.95 Å². The Bertz CT molecular complexity index is 1310. The lowest BCUT2D eigenvalue weighted by Crippen LogP contribution is -2.35. The van der Waals surface area contributed by atoms with E-state index in [1.807, 2.05) is 0 Å². The van der Waals surface area contributed by atoms with Crippen molar-refractivity contribution in [1.29, 1.82) is 0 Å². The predicted octanol–water partition coefficient (Wildman–Crippen LogP) is 4.60. The standard InChI is InChI=1S/C22H22F3N7O/c1-10-18(11(2)33-32-10)17-7-6-12-13(8-27-20(12)29-17)19-14(22(23,24)25)9-28-21(31-19)30-16-5-3-4-15(16)26/h6-9,15-16H,3-5,26H2,1-2H3,(H,27,29)(H,28,30,31)/t15-,16-/m0/s1. The van der Waals surface area contributed by atoms with E-state index >= 15 is 0 Å². The van der Waals surface area contributed by atoms with Crippen LogP contribution in [0.15, 0.2) is 29.0 Å². The van der Waals surface area contributed by atoms with Gasteiger partial charge in [0, 0.05) is 35.4 Å². The number of H-pyrrole nitrogens is 1. The number of nitrogens with two attached hydrogens (primary N) is 1. The van der Waals surface area contributed by atoms with Crippen LogP contribution in [0.2, 0.25) is 0 Å². The molecule has 0 amide bonds. The van der Waals surface area contributed by atoms with Gasteiger partial charge in [-0.1, -0.05) is 5.16 Å². The van der Waals surface area contributed by atoms with Crippen LogP contribution >= 0.6 is 0 Å². The minimum Gasteiger partial charge on any atom is -0.361 e. The number of hydrogen-bond acceptors (Lipinski definition) is 7. The molecular weight excluding hydrogens is 435 g/mol. The maximum atomic E-state index is 13.8. The molecule has 1 saturated carbocycles. The van der Waals surface area contributed by atoms with E-state index in [9.17, 15) is 13.2 Å². The van der Waals surface area contributed by atoms with Gasteiger partial charge >= 0.3 is 6.18 Å². The Labute approximate surface area is 186 Å². The third kappa shape index (κ3) is 3.82. The minimum absolute atomic E-state index is 0.0724. The maximum absolute atomic E-state index is 13.8. The van der Waals surface area contributed by atoms with Crippen molar-refractivity contribution in [2.24, 2.45) is 5.73 Å². The van der Waals surface area contributed by atoms with E-state index in [2.05, 4.69) is 30.4 Å². The lowest BCUT2D eigenvalue weighted by atomic mass is 10.1. The smallest absolute Gasteiger partial charge is 0.361 e. The molecule has 0 saturated heterocycles. The molecule has 0 spiro atoms. The molecule has 4 aromatic heterocycles. The van der Waals surface area contributed by atoms with Crippen molar-refractivity contribution in [3.8, 4) is 22.5 Å². The Morgan fingerprint density at radius 3 is 2.67 bits per heavy atom. The quantitative estimate of drug-likeness (QED) is 0.410. The molecule has 4 aromatic rings. The summed E-state index contributed by atoms with van der Waals surface area (Å²) in [7, 11) is 0. The Balaban J connectivity index is 1.59. The first kappa shape index (κ1) is 21.4. The molecular formula is C22H22F3N7O. The van der Waals surface area contributed by atoms with E-state index < -0.39 is 11.7 Å². The summed E-state index contributed by atoms with van der Waals surface area (Å²) in [5, 5.41) is 7.55. The summed E-state index contributed by atoms with van der Waals surface area (Å²) in [6, 6.07) is 3.30. The number of rotatable bonds is 4. The van der Waals surface area contributed by atoms with Gasteiger partial charge in [0.25, 0.3) is 0 Å². The molecule has 5 rings (SSSR count). The molecule has 33 heavy (non-hydrogen) atoms. The molecule has 0 radical (unpaired) electrons. The number of alkyl halides is 3. The molecule has 1 aliphatic carbocycles. The number of halogens is 3. The molecule has 4 N–H and O–H groups in total. The highest BCUT2D eigenvalue weighted by Gasteiger charge is 2.36. The van der Waals surface area contributed by atoms with Gasteiger partial charge in [0.05, 0.1) is 22.6 Å². The molecule has 1 fully saturated rings. The third-order valence-electron chi connectivity index (χ3n) is 6.06. The molecule has 0 bridgehead atoms. The van der Waals surface area contributed by atoms with Crippen LogP contribution in [-0.4, -0.2) is 37.2 Å². The highest BCUT2D eigenvalue weighted by atomic mass is 19.4. The molecule has 8 nitrogen and oxygen atoms in total. The van der Waals surface area contributed by atoms with Crippen LogP contribution in [0.3, 0.4) is 0 Å². The molecule has 0 unspecified atom stereocenters. The van der Waals surface area contributed by atoms with E-state index in [1.165, 1.54) is 6.20 Å². The van der Waals surface area contributed by atoms with Crippen molar-refractivity contribution in [2.75, 3.05) is 5.32 Å². The Morgan fingerprint density at radius 1 is 1.18 bits per heavy atom. The van der Waals surface area contributed by atoms with E-state index in [1.54, 1.807) is 26.0 Å². The lowest BCUT2D eigenvalue weighted by molar-refractivity contribution is -0.137. The molecule has 0 aliphatic heterocycles. The summed E-state index contributed by atoms with van der Waals surface area (Å²) >= 11 is 0. The monoisotopic (exact) mass is 457 g/mol. The second kappa shape index (κ2) is 7.84. The van der Waals surface area contributed by atoms with Crippen LogP contribution < -0.4 is 11.1 Å². The number of hydrogen-bond donors (Lipinski definition) is 3. The van der Waals surface area contributed by atoms with Crippen molar-refractivity contribution >= 4 is 17.0 Å². The van der Waals surface area contributed by atoms with Gasteiger partial charge < -0.3 is 20.6 Å². The van der Waals surface area contributed by atoms with Crippen molar-refractivity contribution in [2.45, 2.75) is 51.4 Å². The van der Waals surface area contributed by atoms with Gasteiger partial charge in [0.1, 0.15) is 17.0 Å². The molecule has 172 valence electrons. The van der Waals surface area contributed by atoms with Crippen LogP contribution in [0.4, 0.5) is 19.1 Å². The van der Waals surface area contributed by atoms with Crippen molar-refractivity contribution < 1.29 is 17.7 Å². The summed E-state index contributed by atoms with van der Waals surface area (Å²) in [6.07, 6.45) is 0.307. The SMILES string of the molecule is Cc1noc(C)c1-c1ccc2c(-c3nc(N[C@H]4CCC[C@@H]4N)ncc3C(F)(F)F)c[nH]c2n1. The van der Waals surface area contributed by atoms with Crippen molar-refractivity contribution in [1.82, 2.24) is 25.1 Å². The largest absolute Gasteiger partial charge is 0.419 e. The van der Waals surface area contributed by atoms with Gasteiger partial charge in [-0.3, -0.25) is 0 Å². The Hall–Kier alpha value is -3.47. The number of fused-ring (bicyclic) bond motifs is 1. The Morgan fingerprint density at radius 2 is 2.00 bits per heavy atom. The highest BCUT2D eigenvalue weighted by Crippen LogP contribution is 2.39. The fraction of sp³-hybridized carbons (Fsp3) is 0.364. The van der Waals surface area contributed by atoms with Crippen molar-refractivity contribution in [3.63, 3.8) is 0 Å². The van der Waals surface area contributed by atoms with E-state index in [0.29, 0.717) is 28.2 Å². The maximum Gasteiger partial charge on any atom is 0.419 e. The summed E-state index contributed by atoms with van der Waals surface area (Å²) in [4.78, 5) is 15.7. The number of nitrogens with one attached hydrogen (secondary N) is 2. The normalized spacial score (nSPS) is 18.8. The first-order chi connectivity index (χ1) is 15.7. The van der Waals surface area contributed by atoms with Crippen LogP contribution in [0, 0.1) is 13.8 Å².